The van der Waals surface area contributed by atoms with Crippen molar-refractivity contribution < 1.29 is 14.6 Å². The Balaban J connectivity index is 2.30. The first kappa shape index (κ1) is 12.2. The van der Waals surface area contributed by atoms with Gasteiger partial charge in [0.15, 0.2) is 0 Å². The highest BCUT2D eigenvalue weighted by Gasteiger charge is 2.17. The molecule has 0 amide bonds. The molecule has 1 aromatic heterocycles. The van der Waals surface area contributed by atoms with Gasteiger partial charge < -0.3 is 14.4 Å². The minimum atomic E-state index is -0.262. The Labute approximate surface area is 105 Å². The second-order valence-corrected chi connectivity index (χ2v) is 4.02. The average molecular weight is 245 g/mol. The van der Waals surface area contributed by atoms with Gasteiger partial charge in [0.1, 0.15) is 5.75 Å². The molecule has 0 aliphatic carbocycles. The van der Waals surface area contributed by atoms with E-state index < -0.39 is 0 Å². The summed E-state index contributed by atoms with van der Waals surface area (Å²) in [5.41, 5.74) is 0.953. The second-order valence-electron chi connectivity index (χ2n) is 4.02. The lowest BCUT2D eigenvalue weighted by molar-refractivity contribution is -0.141. The number of methoxy groups -OCH3 is 1. The summed E-state index contributed by atoms with van der Waals surface area (Å²) in [7, 11) is 1.38. The predicted molar refractivity (Wildman–Crippen MR) is 67.3 cm³/mol. The Morgan fingerprint density at radius 1 is 1.28 bits per heavy atom. The average Bonchev–Trinajstić information content (AvgIpc) is 2.90. The molecule has 1 heterocycles. The van der Waals surface area contributed by atoms with Gasteiger partial charge in [0.05, 0.1) is 19.6 Å². The van der Waals surface area contributed by atoms with Crippen LogP contribution in [0.4, 0.5) is 0 Å². The molecule has 0 fully saturated rings. The number of phenolic OH excluding ortho intramolecular Hbond substituents is 1. The van der Waals surface area contributed by atoms with Gasteiger partial charge in [0.2, 0.25) is 0 Å². The van der Waals surface area contributed by atoms with Crippen LogP contribution in [0.2, 0.25) is 0 Å². The maximum absolute atomic E-state index is 11.5. The zero-order valence-electron chi connectivity index (χ0n) is 10.1. The molecule has 0 spiro atoms. The van der Waals surface area contributed by atoms with Gasteiger partial charge in [-0.25, -0.2) is 0 Å². The highest BCUT2D eigenvalue weighted by molar-refractivity contribution is 5.70. The first-order valence-corrected chi connectivity index (χ1v) is 5.69. The number of phenols is 1. The van der Waals surface area contributed by atoms with Crippen molar-refractivity contribution in [3.05, 3.63) is 54.4 Å². The molecule has 0 unspecified atom stereocenters. The van der Waals surface area contributed by atoms with Gasteiger partial charge in [0, 0.05) is 12.4 Å². The quantitative estimate of drug-likeness (QED) is 0.841. The number of aromatic hydroxyl groups is 1. The Bertz CT molecular complexity index is 502. The molecule has 0 bridgehead atoms. The van der Waals surface area contributed by atoms with Crippen LogP contribution in [0.3, 0.4) is 0 Å². The molecule has 0 aliphatic rings. The summed E-state index contributed by atoms with van der Waals surface area (Å²) >= 11 is 0. The van der Waals surface area contributed by atoms with E-state index >= 15 is 0 Å². The van der Waals surface area contributed by atoms with Crippen LogP contribution in [-0.4, -0.2) is 22.8 Å². The molecule has 1 aromatic carbocycles. The molecule has 18 heavy (non-hydrogen) atoms. The molecular weight excluding hydrogens is 230 g/mol. The first-order chi connectivity index (χ1) is 8.70. The number of hydrogen-bond donors (Lipinski definition) is 1. The standard InChI is InChI=1S/C14H15NO3/c1-18-14(17)10-13(15-8-2-3-9-15)11-4-6-12(16)7-5-11/h2-9,13,16H,10H2,1H3/t13-/m0/s1. The monoisotopic (exact) mass is 245 g/mol. The van der Waals surface area contributed by atoms with Gasteiger partial charge in [-0.05, 0) is 29.8 Å². The number of carbonyl (C=O) groups is 1. The van der Waals surface area contributed by atoms with Gasteiger partial charge in [-0.3, -0.25) is 4.79 Å². The van der Waals surface area contributed by atoms with Gasteiger partial charge in [-0.15, -0.1) is 0 Å². The van der Waals surface area contributed by atoms with E-state index in [1.165, 1.54) is 7.11 Å². The SMILES string of the molecule is COC(=O)C[C@@H](c1ccc(O)cc1)n1cccc1. The Hall–Kier alpha value is -2.23. The number of hydrogen-bond acceptors (Lipinski definition) is 3. The van der Waals surface area contributed by atoms with Crippen LogP contribution in [-0.2, 0) is 9.53 Å². The van der Waals surface area contributed by atoms with E-state index in [9.17, 15) is 9.90 Å². The second kappa shape index (κ2) is 5.40. The highest BCUT2D eigenvalue weighted by Crippen LogP contribution is 2.24. The van der Waals surface area contributed by atoms with Crippen molar-refractivity contribution in [3.8, 4) is 5.75 Å². The third kappa shape index (κ3) is 2.71. The van der Waals surface area contributed by atoms with Crippen LogP contribution < -0.4 is 0 Å². The molecule has 0 radical (unpaired) electrons. The third-order valence-electron chi connectivity index (χ3n) is 2.85. The van der Waals surface area contributed by atoms with E-state index in [1.54, 1.807) is 12.1 Å². The van der Waals surface area contributed by atoms with E-state index in [0.717, 1.165) is 5.56 Å². The molecule has 0 aliphatic heterocycles. The lowest BCUT2D eigenvalue weighted by Gasteiger charge is -2.18. The molecule has 0 saturated heterocycles. The minimum absolute atomic E-state index is 0.118. The summed E-state index contributed by atoms with van der Waals surface area (Å²) in [4.78, 5) is 11.5. The summed E-state index contributed by atoms with van der Waals surface area (Å²) in [5, 5.41) is 9.30. The molecule has 1 atom stereocenters. The first-order valence-electron chi connectivity index (χ1n) is 5.69. The summed E-state index contributed by atoms with van der Waals surface area (Å²) in [6.45, 7) is 0. The zero-order chi connectivity index (χ0) is 13.0. The number of aromatic nitrogens is 1. The smallest absolute Gasteiger partial charge is 0.307 e. The lowest BCUT2D eigenvalue weighted by Crippen LogP contribution is -2.14. The molecule has 4 heteroatoms. The van der Waals surface area contributed by atoms with Crippen molar-refractivity contribution in [1.82, 2.24) is 4.57 Å². The van der Waals surface area contributed by atoms with Crippen molar-refractivity contribution in [2.75, 3.05) is 7.11 Å². The maximum Gasteiger partial charge on any atom is 0.307 e. The molecule has 0 saturated carbocycles. The lowest BCUT2D eigenvalue weighted by atomic mass is 10.0. The van der Waals surface area contributed by atoms with E-state index in [1.807, 2.05) is 41.2 Å². The van der Waals surface area contributed by atoms with Crippen LogP contribution in [0.25, 0.3) is 0 Å². The van der Waals surface area contributed by atoms with Crippen molar-refractivity contribution >= 4 is 5.97 Å². The third-order valence-corrected chi connectivity index (χ3v) is 2.85. The van der Waals surface area contributed by atoms with Crippen molar-refractivity contribution in [2.24, 2.45) is 0 Å². The van der Waals surface area contributed by atoms with Crippen molar-refractivity contribution in [2.45, 2.75) is 12.5 Å². The highest BCUT2D eigenvalue weighted by atomic mass is 16.5. The summed E-state index contributed by atoms with van der Waals surface area (Å²) in [6, 6.07) is 10.5. The normalized spacial score (nSPS) is 12.1. The van der Waals surface area contributed by atoms with E-state index in [4.69, 9.17) is 4.74 Å². The van der Waals surface area contributed by atoms with Crippen LogP contribution in [0, 0.1) is 0 Å². The number of rotatable bonds is 4. The van der Waals surface area contributed by atoms with Crippen LogP contribution in [0.1, 0.15) is 18.0 Å². The van der Waals surface area contributed by atoms with Gasteiger partial charge in [-0.1, -0.05) is 12.1 Å². The van der Waals surface area contributed by atoms with Crippen LogP contribution in [0.5, 0.6) is 5.75 Å². The maximum atomic E-state index is 11.5. The fourth-order valence-corrected chi connectivity index (χ4v) is 1.89. The van der Waals surface area contributed by atoms with Crippen LogP contribution in [0.15, 0.2) is 48.8 Å². The number of carbonyl (C=O) groups excluding carboxylic acids is 1. The molecule has 4 nitrogen and oxygen atoms in total. The minimum Gasteiger partial charge on any atom is -0.508 e. The number of esters is 1. The summed E-state index contributed by atoms with van der Waals surface area (Å²) in [6.07, 6.45) is 4.07. The molecule has 2 aromatic rings. The Morgan fingerprint density at radius 2 is 1.89 bits per heavy atom. The van der Waals surface area contributed by atoms with E-state index in [0.29, 0.717) is 0 Å². The Kier molecular flexibility index (Phi) is 3.67. The molecule has 2 rings (SSSR count). The van der Waals surface area contributed by atoms with Gasteiger partial charge in [-0.2, -0.15) is 0 Å². The number of nitrogens with zero attached hydrogens (tertiary/aromatic N) is 1. The number of ether oxygens (including phenoxy) is 1. The van der Waals surface area contributed by atoms with Crippen molar-refractivity contribution in [3.63, 3.8) is 0 Å². The topological polar surface area (TPSA) is 51.5 Å². The fraction of sp³-hybridized carbons (Fsp3) is 0.214. The van der Waals surface area contributed by atoms with E-state index in [-0.39, 0.29) is 24.2 Å². The summed E-state index contributed by atoms with van der Waals surface area (Å²) < 4.78 is 6.67. The molecule has 1 N–H and O–H groups in total. The zero-order valence-corrected chi connectivity index (χ0v) is 10.1. The van der Waals surface area contributed by atoms with E-state index in [2.05, 4.69) is 0 Å². The largest absolute Gasteiger partial charge is 0.508 e. The van der Waals surface area contributed by atoms with Gasteiger partial charge >= 0.3 is 5.97 Å². The molecular formula is C14H15NO3. The fourth-order valence-electron chi connectivity index (χ4n) is 1.89. The molecule has 94 valence electrons. The van der Waals surface area contributed by atoms with Crippen LogP contribution >= 0.6 is 0 Å². The van der Waals surface area contributed by atoms with Gasteiger partial charge in [0.25, 0.3) is 0 Å². The summed E-state index contributed by atoms with van der Waals surface area (Å²) in [5.74, 6) is -0.0511. The van der Waals surface area contributed by atoms with Crippen molar-refractivity contribution in [1.29, 1.82) is 0 Å². The predicted octanol–water partition coefficient (Wildman–Crippen LogP) is 2.35. The number of benzene rings is 1. The Morgan fingerprint density at radius 3 is 2.44 bits per heavy atom.